The summed E-state index contributed by atoms with van der Waals surface area (Å²) in [6.07, 6.45) is 2.48. The monoisotopic (exact) mass is 302 g/mol. The van der Waals surface area contributed by atoms with Gasteiger partial charge in [-0.2, -0.15) is 0 Å². The number of benzene rings is 1. The highest BCUT2D eigenvalue weighted by molar-refractivity contribution is 9.10. The molecule has 3 nitrogen and oxygen atoms in total. The number of nitrogens with zero attached hydrogens (tertiary/aromatic N) is 1. The second kappa shape index (κ2) is 4.35. The van der Waals surface area contributed by atoms with Gasteiger partial charge >= 0.3 is 0 Å². The first kappa shape index (κ1) is 11.3. The van der Waals surface area contributed by atoms with Crippen molar-refractivity contribution in [2.75, 3.05) is 0 Å². The van der Waals surface area contributed by atoms with Gasteiger partial charge in [0.15, 0.2) is 5.82 Å². The van der Waals surface area contributed by atoms with Crippen LogP contribution in [0.25, 0.3) is 11.3 Å². The quantitative estimate of drug-likeness (QED) is 0.823. The van der Waals surface area contributed by atoms with E-state index in [1.807, 2.05) is 0 Å². The number of halogens is 3. The zero-order chi connectivity index (χ0) is 11.7. The van der Waals surface area contributed by atoms with Gasteiger partial charge in [-0.15, -0.1) is 0 Å². The van der Waals surface area contributed by atoms with Crippen molar-refractivity contribution in [2.45, 2.75) is 0 Å². The zero-order valence-electron chi connectivity index (χ0n) is 7.80. The molecule has 1 aromatic carbocycles. The summed E-state index contributed by atoms with van der Waals surface area (Å²) in [5.41, 5.74) is 0.105. The molecule has 0 spiro atoms. The van der Waals surface area contributed by atoms with Crippen molar-refractivity contribution in [1.29, 1.82) is 0 Å². The molecule has 0 aliphatic carbocycles. The molecular weight excluding hydrogens is 298 g/mol. The molecule has 0 saturated heterocycles. The summed E-state index contributed by atoms with van der Waals surface area (Å²) in [5.74, 6) is -0.598. The highest BCUT2D eigenvalue weighted by Gasteiger charge is 2.12. The molecule has 6 heteroatoms. The first-order chi connectivity index (χ1) is 7.59. The van der Waals surface area contributed by atoms with Crippen LogP contribution in [0.4, 0.5) is 4.39 Å². The van der Waals surface area contributed by atoms with Crippen LogP contribution in [0.15, 0.2) is 33.8 Å². The molecule has 1 aromatic heterocycles. The van der Waals surface area contributed by atoms with Gasteiger partial charge in [0.05, 0.1) is 23.1 Å². The summed E-state index contributed by atoms with van der Waals surface area (Å²) >= 11 is 8.85. The van der Waals surface area contributed by atoms with Crippen molar-refractivity contribution >= 4 is 27.5 Å². The molecule has 0 fully saturated rings. The average Bonchev–Trinajstić information content (AvgIpc) is 2.26. The molecule has 2 rings (SSSR count). The van der Waals surface area contributed by atoms with E-state index in [4.69, 9.17) is 11.6 Å². The van der Waals surface area contributed by atoms with E-state index in [-0.39, 0.29) is 10.6 Å². The summed E-state index contributed by atoms with van der Waals surface area (Å²) < 4.78 is 14.2. The molecule has 0 atom stereocenters. The Morgan fingerprint density at radius 1 is 1.38 bits per heavy atom. The van der Waals surface area contributed by atoms with Crippen LogP contribution in [0.3, 0.4) is 0 Å². The second-order valence-electron chi connectivity index (χ2n) is 3.03. The maximum atomic E-state index is 13.8. The smallest absolute Gasteiger partial charge is 0.266 e. The molecule has 0 amide bonds. The molecule has 0 unspecified atom stereocenters. The molecule has 0 saturated carbocycles. The third-order valence-electron chi connectivity index (χ3n) is 1.98. The van der Waals surface area contributed by atoms with E-state index in [1.165, 1.54) is 12.3 Å². The normalized spacial score (nSPS) is 10.4. The highest BCUT2D eigenvalue weighted by Crippen LogP contribution is 2.31. The van der Waals surface area contributed by atoms with Gasteiger partial charge in [-0.3, -0.25) is 9.78 Å². The topological polar surface area (TPSA) is 45.8 Å². The molecule has 1 N–H and O–H groups in total. The van der Waals surface area contributed by atoms with Gasteiger partial charge in [0.2, 0.25) is 0 Å². The van der Waals surface area contributed by atoms with E-state index in [2.05, 4.69) is 25.9 Å². The van der Waals surface area contributed by atoms with Crippen molar-refractivity contribution in [3.63, 3.8) is 0 Å². The third-order valence-corrected chi connectivity index (χ3v) is 3.24. The number of nitrogens with one attached hydrogen (secondary N) is 1. The number of H-pyrrole nitrogens is 1. The van der Waals surface area contributed by atoms with E-state index in [1.54, 1.807) is 6.07 Å². The molecule has 16 heavy (non-hydrogen) atoms. The van der Waals surface area contributed by atoms with Crippen LogP contribution in [0.2, 0.25) is 5.02 Å². The maximum absolute atomic E-state index is 13.8. The molecule has 0 aliphatic rings. The molecule has 0 aliphatic heterocycles. The maximum Gasteiger partial charge on any atom is 0.266 e. The summed E-state index contributed by atoms with van der Waals surface area (Å²) in [6, 6.07) is 3.12. The van der Waals surface area contributed by atoms with E-state index in [0.29, 0.717) is 10.2 Å². The minimum absolute atomic E-state index is 0.0257. The molecule has 0 bridgehead atoms. The molecule has 1 heterocycles. The van der Waals surface area contributed by atoms with Crippen molar-refractivity contribution in [1.82, 2.24) is 9.97 Å². The fourth-order valence-corrected chi connectivity index (χ4v) is 1.72. The van der Waals surface area contributed by atoms with Crippen LogP contribution in [0, 0.1) is 5.82 Å². The summed E-state index contributed by atoms with van der Waals surface area (Å²) in [4.78, 5) is 17.2. The van der Waals surface area contributed by atoms with Gasteiger partial charge in [-0.25, -0.2) is 4.39 Å². The lowest BCUT2D eigenvalue weighted by Gasteiger charge is -2.05. The van der Waals surface area contributed by atoms with Crippen molar-refractivity contribution in [3.8, 4) is 11.3 Å². The predicted octanol–water partition coefficient (Wildman–Crippen LogP) is 2.99. The van der Waals surface area contributed by atoms with E-state index in [0.717, 1.165) is 6.20 Å². The van der Waals surface area contributed by atoms with Gasteiger partial charge < -0.3 is 4.98 Å². The minimum Gasteiger partial charge on any atom is -0.319 e. The Balaban J connectivity index is 2.66. The lowest BCUT2D eigenvalue weighted by atomic mass is 10.1. The van der Waals surface area contributed by atoms with Gasteiger partial charge in [-0.05, 0) is 28.1 Å². The minimum atomic E-state index is -0.598. The Bertz CT molecular complexity index is 600. The fourth-order valence-electron chi connectivity index (χ4n) is 1.25. The number of aromatic nitrogens is 2. The Hall–Kier alpha value is -1.20. The van der Waals surface area contributed by atoms with Crippen LogP contribution in [-0.4, -0.2) is 9.97 Å². The van der Waals surface area contributed by atoms with Crippen molar-refractivity contribution < 1.29 is 4.39 Å². The predicted molar refractivity (Wildman–Crippen MR) is 63.0 cm³/mol. The molecular formula is C10H5BrClFN2O. The van der Waals surface area contributed by atoms with Crippen LogP contribution >= 0.6 is 27.5 Å². The SMILES string of the molecule is O=c1cncc(-c2ccc(Br)c(Cl)c2F)[nH]1. The third kappa shape index (κ3) is 2.01. The number of hydrogen-bond donors (Lipinski definition) is 1. The van der Waals surface area contributed by atoms with Gasteiger partial charge in [0.1, 0.15) is 0 Å². The van der Waals surface area contributed by atoms with Crippen LogP contribution in [-0.2, 0) is 0 Å². The van der Waals surface area contributed by atoms with Crippen molar-refractivity contribution in [3.05, 3.63) is 50.2 Å². The van der Waals surface area contributed by atoms with E-state index >= 15 is 0 Å². The Labute approximate surface area is 103 Å². The summed E-state index contributed by atoms with van der Waals surface area (Å²) in [7, 11) is 0. The summed E-state index contributed by atoms with van der Waals surface area (Å²) in [6.45, 7) is 0. The average molecular weight is 304 g/mol. The Kier molecular flexibility index (Phi) is 3.07. The number of hydrogen-bond acceptors (Lipinski definition) is 2. The molecule has 0 radical (unpaired) electrons. The van der Waals surface area contributed by atoms with Gasteiger partial charge in [0.25, 0.3) is 5.56 Å². The Morgan fingerprint density at radius 2 is 2.12 bits per heavy atom. The van der Waals surface area contributed by atoms with Crippen LogP contribution in [0.5, 0.6) is 0 Å². The molecule has 82 valence electrons. The van der Waals surface area contributed by atoms with E-state index < -0.39 is 11.4 Å². The first-order valence-corrected chi connectivity index (χ1v) is 5.45. The number of rotatable bonds is 1. The van der Waals surface area contributed by atoms with Crippen LogP contribution in [0.1, 0.15) is 0 Å². The lowest BCUT2D eigenvalue weighted by Crippen LogP contribution is -2.06. The fraction of sp³-hybridized carbons (Fsp3) is 0. The zero-order valence-corrected chi connectivity index (χ0v) is 10.1. The summed E-state index contributed by atoms with van der Waals surface area (Å²) in [5, 5.41) is -0.0257. The van der Waals surface area contributed by atoms with Crippen molar-refractivity contribution in [2.24, 2.45) is 0 Å². The first-order valence-electron chi connectivity index (χ1n) is 4.28. The van der Waals surface area contributed by atoms with Gasteiger partial charge in [-0.1, -0.05) is 11.6 Å². The highest BCUT2D eigenvalue weighted by atomic mass is 79.9. The number of aromatic amines is 1. The van der Waals surface area contributed by atoms with Gasteiger partial charge in [0, 0.05) is 10.0 Å². The Morgan fingerprint density at radius 3 is 2.81 bits per heavy atom. The second-order valence-corrected chi connectivity index (χ2v) is 4.27. The van der Waals surface area contributed by atoms with E-state index in [9.17, 15) is 9.18 Å². The standard InChI is InChI=1S/C10H5BrClFN2O/c11-6-2-1-5(10(13)9(6)12)7-3-14-4-8(16)15-7/h1-4H,(H,15,16). The lowest BCUT2D eigenvalue weighted by molar-refractivity contribution is 0.630. The molecule has 2 aromatic rings. The largest absolute Gasteiger partial charge is 0.319 e. The van der Waals surface area contributed by atoms with Crippen LogP contribution < -0.4 is 5.56 Å².